The number of aromatic nitrogens is 3. The van der Waals surface area contributed by atoms with E-state index in [1.165, 1.54) is 0 Å². The van der Waals surface area contributed by atoms with Crippen molar-refractivity contribution < 1.29 is 9.53 Å². The predicted octanol–water partition coefficient (Wildman–Crippen LogP) is 2.01. The number of esters is 1. The molecule has 0 bridgehead atoms. The van der Waals surface area contributed by atoms with Gasteiger partial charge in [-0.15, -0.1) is 5.10 Å². The van der Waals surface area contributed by atoms with Crippen LogP contribution in [0.2, 0.25) is 0 Å². The highest BCUT2D eigenvalue weighted by molar-refractivity contribution is 5.85. The van der Waals surface area contributed by atoms with Gasteiger partial charge in [-0.25, -0.2) is 14.5 Å². The molecule has 0 aliphatic carbocycles. The maximum atomic E-state index is 11.6. The van der Waals surface area contributed by atoms with Crippen LogP contribution in [0.15, 0.2) is 30.3 Å². The third-order valence-corrected chi connectivity index (χ3v) is 2.45. The molecule has 2 aromatic rings. The molecule has 2 rings (SSSR count). The Balaban J connectivity index is 2.39. The minimum absolute atomic E-state index is 0.109. The van der Waals surface area contributed by atoms with Gasteiger partial charge in [0, 0.05) is 6.42 Å². The van der Waals surface area contributed by atoms with Gasteiger partial charge in [-0.1, -0.05) is 25.1 Å². The molecule has 0 fully saturated rings. The number of carbonyl (C=O) groups is 1. The number of rotatable bonds is 4. The Kier molecular flexibility index (Phi) is 3.72. The molecule has 5 heteroatoms. The zero-order chi connectivity index (χ0) is 13.0. The largest absolute Gasteiger partial charge is 0.460 e. The number of benzene rings is 1. The summed E-state index contributed by atoms with van der Waals surface area (Å²) in [5.41, 5.74) is 0.886. The van der Waals surface area contributed by atoms with Crippen LogP contribution >= 0.6 is 0 Å². The van der Waals surface area contributed by atoms with E-state index in [1.54, 1.807) is 11.6 Å². The predicted molar refractivity (Wildman–Crippen MR) is 66.7 cm³/mol. The number of para-hydroxylation sites is 1. The smallest absolute Gasteiger partial charge is 0.378 e. The van der Waals surface area contributed by atoms with E-state index in [0.29, 0.717) is 13.0 Å². The fourth-order valence-corrected chi connectivity index (χ4v) is 1.63. The lowest BCUT2D eigenvalue weighted by atomic mass is 10.3. The second kappa shape index (κ2) is 5.44. The summed E-state index contributed by atoms with van der Waals surface area (Å²) in [7, 11) is 0. The van der Waals surface area contributed by atoms with Crippen LogP contribution in [0.4, 0.5) is 0 Å². The zero-order valence-electron chi connectivity index (χ0n) is 10.5. The molecule has 0 unspecified atom stereocenters. The summed E-state index contributed by atoms with van der Waals surface area (Å²) in [6.07, 6.45) is 0.696. The summed E-state index contributed by atoms with van der Waals surface area (Å²) >= 11 is 0. The fourth-order valence-electron chi connectivity index (χ4n) is 1.63. The lowest BCUT2D eigenvalue weighted by Gasteiger charge is -2.02. The van der Waals surface area contributed by atoms with E-state index in [-0.39, 0.29) is 5.82 Å². The Hall–Kier alpha value is -2.17. The van der Waals surface area contributed by atoms with Crippen molar-refractivity contribution in [1.29, 1.82) is 0 Å². The summed E-state index contributed by atoms with van der Waals surface area (Å²) in [6, 6.07) is 9.60. The molecule has 0 amide bonds. The molecule has 0 N–H and O–H groups in total. The van der Waals surface area contributed by atoms with E-state index in [9.17, 15) is 4.79 Å². The van der Waals surface area contributed by atoms with Gasteiger partial charge in [0.1, 0.15) is 5.82 Å². The molecular formula is C13H15N3O2. The maximum Gasteiger partial charge on any atom is 0.378 e. The molecule has 18 heavy (non-hydrogen) atoms. The van der Waals surface area contributed by atoms with Gasteiger partial charge in [-0.2, -0.15) is 0 Å². The molecule has 94 valence electrons. The summed E-state index contributed by atoms with van der Waals surface area (Å²) < 4.78 is 6.57. The van der Waals surface area contributed by atoms with Gasteiger partial charge in [-0.3, -0.25) is 0 Å². The minimum atomic E-state index is -0.484. The lowest BCUT2D eigenvalue weighted by Crippen LogP contribution is -2.07. The number of hydrogen-bond donors (Lipinski definition) is 0. The van der Waals surface area contributed by atoms with Crippen molar-refractivity contribution in [1.82, 2.24) is 14.8 Å². The second-order valence-corrected chi connectivity index (χ2v) is 3.67. The summed E-state index contributed by atoms with van der Waals surface area (Å²) in [4.78, 5) is 15.8. The van der Waals surface area contributed by atoms with E-state index >= 15 is 0 Å². The van der Waals surface area contributed by atoms with Crippen molar-refractivity contribution in [3.63, 3.8) is 0 Å². The van der Waals surface area contributed by atoms with E-state index in [1.807, 2.05) is 37.3 Å². The molecule has 0 radical (unpaired) electrons. The van der Waals surface area contributed by atoms with E-state index < -0.39 is 5.97 Å². The average molecular weight is 245 g/mol. The first kappa shape index (κ1) is 12.3. The standard InChI is InChI=1S/C13H15N3O2/c1-3-11-14-12(13(17)18-4-2)15-16(11)10-8-6-5-7-9-10/h5-9H,3-4H2,1-2H3. The van der Waals surface area contributed by atoms with Crippen molar-refractivity contribution in [2.75, 3.05) is 6.61 Å². The molecule has 0 aliphatic heterocycles. The SMILES string of the molecule is CCOC(=O)c1nc(CC)n(-c2ccccc2)n1. The Bertz CT molecular complexity index is 534. The van der Waals surface area contributed by atoms with E-state index in [4.69, 9.17) is 4.74 Å². The third kappa shape index (κ3) is 2.40. The highest BCUT2D eigenvalue weighted by Crippen LogP contribution is 2.10. The van der Waals surface area contributed by atoms with Crippen LogP contribution in [-0.2, 0) is 11.2 Å². The Morgan fingerprint density at radius 3 is 2.61 bits per heavy atom. The van der Waals surface area contributed by atoms with Crippen molar-refractivity contribution in [2.45, 2.75) is 20.3 Å². The number of ether oxygens (including phenoxy) is 1. The number of nitrogens with zero attached hydrogens (tertiary/aromatic N) is 3. The molecular weight excluding hydrogens is 230 g/mol. The average Bonchev–Trinajstić information content (AvgIpc) is 2.84. The Morgan fingerprint density at radius 1 is 1.28 bits per heavy atom. The highest BCUT2D eigenvalue weighted by Gasteiger charge is 2.17. The van der Waals surface area contributed by atoms with Gasteiger partial charge >= 0.3 is 5.97 Å². The summed E-state index contributed by atoms with van der Waals surface area (Å²) in [6.45, 7) is 4.05. The van der Waals surface area contributed by atoms with Crippen LogP contribution in [0, 0.1) is 0 Å². The van der Waals surface area contributed by atoms with Gasteiger partial charge in [0.2, 0.25) is 0 Å². The normalized spacial score (nSPS) is 10.3. The highest BCUT2D eigenvalue weighted by atomic mass is 16.5. The van der Waals surface area contributed by atoms with E-state index in [2.05, 4.69) is 10.1 Å². The van der Waals surface area contributed by atoms with Crippen molar-refractivity contribution in [3.05, 3.63) is 42.0 Å². The van der Waals surface area contributed by atoms with Crippen LogP contribution in [0.1, 0.15) is 30.3 Å². The molecule has 0 saturated heterocycles. The zero-order valence-corrected chi connectivity index (χ0v) is 10.5. The van der Waals surface area contributed by atoms with Crippen LogP contribution in [0.5, 0.6) is 0 Å². The monoisotopic (exact) mass is 245 g/mol. The number of carbonyl (C=O) groups excluding carboxylic acids is 1. The number of hydrogen-bond acceptors (Lipinski definition) is 4. The van der Waals surface area contributed by atoms with Gasteiger partial charge in [0.05, 0.1) is 12.3 Å². The molecule has 0 aliphatic rings. The summed E-state index contributed by atoms with van der Waals surface area (Å²) in [5, 5.41) is 4.20. The fraction of sp³-hybridized carbons (Fsp3) is 0.308. The third-order valence-electron chi connectivity index (χ3n) is 2.45. The quantitative estimate of drug-likeness (QED) is 0.773. The molecule has 0 atom stereocenters. The first-order valence-electron chi connectivity index (χ1n) is 5.94. The molecule has 1 heterocycles. The topological polar surface area (TPSA) is 57.0 Å². The van der Waals surface area contributed by atoms with Gasteiger partial charge < -0.3 is 4.74 Å². The van der Waals surface area contributed by atoms with Crippen LogP contribution < -0.4 is 0 Å². The second-order valence-electron chi connectivity index (χ2n) is 3.67. The van der Waals surface area contributed by atoms with Crippen LogP contribution in [-0.4, -0.2) is 27.3 Å². The van der Waals surface area contributed by atoms with Gasteiger partial charge in [-0.05, 0) is 19.1 Å². The summed E-state index contributed by atoms with van der Waals surface area (Å²) in [5.74, 6) is 0.365. The van der Waals surface area contributed by atoms with E-state index in [0.717, 1.165) is 11.5 Å². The molecule has 0 spiro atoms. The molecule has 1 aromatic heterocycles. The van der Waals surface area contributed by atoms with Crippen LogP contribution in [0.3, 0.4) is 0 Å². The first-order chi connectivity index (χ1) is 8.76. The Morgan fingerprint density at radius 2 is 2.00 bits per heavy atom. The van der Waals surface area contributed by atoms with Gasteiger partial charge in [0.25, 0.3) is 5.82 Å². The molecule has 1 aromatic carbocycles. The van der Waals surface area contributed by atoms with Crippen molar-refractivity contribution in [3.8, 4) is 5.69 Å². The Labute approximate surface area is 105 Å². The van der Waals surface area contributed by atoms with Crippen LogP contribution in [0.25, 0.3) is 5.69 Å². The molecule has 0 saturated carbocycles. The van der Waals surface area contributed by atoms with Gasteiger partial charge in [0.15, 0.2) is 0 Å². The van der Waals surface area contributed by atoms with Crippen molar-refractivity contribution in [2.24, 2.45) is 0 Å². The number of aryl methyl sites for hydroxylation is 1. The lowest BCUT2D eigenvalue weighted by molar-refractivity contribution is 0.0512. The van der Waals surface area contributed by atoms with Crippen molar-refractivity contribution >= 4 is 5.97 Å². The first-order valence-corrected chi connectivity index (χ1v) is 5.94. The minimum Gasteiger partial charge on any atom is -0.460 e. The molecule has 5 nitrogen and oxygen atoms in total. The maximum absolute atomic E-state index is 11.6.